The fourth-order valence-electron chi connectivity index (χ4n) is 4.16. The summed E-state index contributed by atoms with van der Waals surface area (Å²) in [5.41, 5.74) is 2.62. The molecule has 0 radical (unpaired) electrons. The number of thioether (sulfide) groups is 2. The summed E-state index contributed by atoms with van der Waals surface area (Å²) in [5, 5.41) is 16.7. The summed E-state index contributed by atoms with van der Waals surface area (Å²) in [4.78, 5) is 3.60. The van der Waals surface area contributed by atoms with E-state index >= 15 is 0 Å². The summed E-state index contributed by atoms with van der Waals surface area (Å²) >= 11 is 7.80. The van der Waals surface area contributed by atoms with E-state index in [9.17, 15) is 5.11 Å². The Balaban J connectivity index is 0.000000133. The molecule has 6 aromatic carbocycles. The maximum atomic E-state index is 9.25. The van der Waals surface area contributed by atoms with Crippen molar-refractivity contribution in [3.05, 3.63) is 120 Å². The normalized spacial score (nSPS) is 10.6. The number of thiol groups is 1. The third-order valence-corrected chi connectivity index (χ3v) is 7.94. The maximum absolute atomic E-state index is 9.25. The van der Waals surface area contributed by atoms with Gasteiger partial charge in [0.05, 0.1) is 0 Å². The van der Waals surface area contributed by atoms with Crippen molar-refractivity contribution in [1.82, 2.24) is 0 Å². The minimum atomic E-state index is 0.324. The van der Waals surface area contributed by atoms with Crippen molar-refractivity contribution in [3.63, 3.8) is 0 Å². The SMILES string of the molecule is CSc1ccc2cc(C)ccc2c1.CSc1ccc2cc(O)ccc2c1.Cc1ccc2cc(S)ccc2c1. The summed E-state index contributed by atoms with van der Waals surface area (Å²) < 4.78 is 0. The van der Waals surface area contributed by atoms with E-state index in [1.54, 1.807) is 35.7 Å². The van der Waals surface area contributed by atoms with Crippen LogP contribution in [0.1, 0.15) is 11.1 Å². The van der Waals surface area contributed by atoms with Gasteiger partial charge in [0.1, 0.15) is 5.75 Å². The van der Waals surface area contributed by atoms with Crippen LogP contribution in [0.5, 0.6) is 5.75 Å². The van der Waals surface area contributed by atoms with Crippen molar-refractivity contribution in [2.75, 3.05) is 12.5 Å². The van der Waals surface area contributed by atoms with E-state index in [-0.39, 0.29) is 0 Å². The molecule has 0 aromatic heterocycles. The number of benzene rings is 6. The molecule has 1 nitrogen and oxygen atoms in total. The molecule has 0 aliphatic rings. The second kappa shape index (κ2) is 13.1. The van der Waals surface area contributed by atoms with Gasteiger partial charge in [0.15, 0.2) is 0 Å². The third-order valence-electron chi connectivity index (χ3n) is 6.21. The van der Waals surface area contributed by atoms with Crippen molar-refractivity contribution >= 4 is 68.5 Å². The zero-order chi connectivity index (χ0) is 27.1. The van der Waals surface area contributed by atoms with Gasteiger partial charge in [-0.3, -0.25) is 0 Å². The molecule has 4 heteroatoms. The number of phenolic OH excluding ortho intramolecular Hbond substituents is 1. The lowest BCUT2D eigenvalue weighted by atomic mass is 10.1. The Bertz CT molecular complexity index is 1560. The minimum absolute atomic E-state index is 0.324. The van der Waals surface area contributed by atoms with Crippen LogP contribution in [0.2, 0.25) is 0 Å². The average molecular weight is 553 g/mol. The van der Waals surface area contributed by atoms with Crippen molar-refractivity contribution in [2.45, 2.75) is 28.5 Å². The van der Waals surface area contributed by atoms with E-state index in [0.29, 0.717) is 5.75 Å². The first kappa shape index (κ1) is 28.0. The van der Waals surface area contributed by atoms with Gasteiger partial charge in [0.2, 0.25) is 0 Å². The smallest absolute Gasteiger partial charge is 0.116 e. The molecular weight excluding hydrogens is 521 g/mol. The molecule has 0 aliphatic heterocycles. The van der Waals surface area contributed by atoms with E-state index in [4.69, 9.17) is 0 Å². The molecule has 0 bridgehead atoms. The Kier molecular flexibility index (Phi) is 9.68. The van der Waals surface area contributed by atoms with Crippen molar-refractivity contribution < 1.29 is 5.11 Å². The van der Waals surface area contributed by atoms with Crippen molar-refractivity contribution in [1.29, 1.82) is 0 Å². The fourth-order valence-corrected chi connectivity index (χ4v) is 5.27. The predicted molar refractivity (Wildman–Crippen MR) is 174 cm³/mol. The summed E-state index contributed by atoms with van der Waals surface area (Å²) in [5.74, 6) is 0.324. The molecule has 38 heavy (non-hydrogen) atoms. The summed E-state index contributed by atoms with van der Waals surface area (Å²) in [7, 11) is 0. The number of rotatable bonds is 2. The number of hydrogen-bond acceptors (Lipinski definition) is 4. The number of hydrogen-bond donors (Lipinski definition) is 2. The second-order valence-electron chi connectivity index (χ2n) is 9.15. The number of fused-ring (bicyclic) bond motifs is 3. The van der Waals surface area contributed by atoms with Crippen LogP contribution in [0.3, 0.4) is 0 Å². The van der Waals surface area contributed by atoms with Gasteiger partial charge in [0, 0.05) is 14.7 Å². The second-order valence-corrected chi connectivity index (χ2v) is 11.4. The predicted octanol–water partition coefficient (Wildman–Crippen LogP) is 10.6. The third kappa shape index (κ3) is 7.50. The maximum Gasteiger partial charge on any atom is 0.116 e. The first-order valence-electron chi connectivity index (χ1n) is 12.4. The van der Waals surface area contributed by atoms with Gasteiger partial charge in [-0.05, 0) is 107 Å². The molecule has 6 rings (SSSR count). The Morgan fingerprint density at radius 1 is 0.474 bits per heavy atom. The van der Waals surface area contributed by atoms with Crippen LogP contribution in [0, 0.1) is 13.8 Å². The highest BCUT2D eigenvalue weighted by Crippen LogP contribution is 2.25. The first-order chi connectivity index (χ1) is 18.3. The summed E-state index contributed by atoms with van der Waals surface area (Å²) in [6.07, 6.45) is 4.16. The van der Waals surface area contributed by atoms with E-state index < -0.39 is 0 Å². The Hall–Kier alpha value is -3.05. The lowest BCUT2D eigenvalue weighted by molar-refractivity contribution is 0.476. The Morgan fingerprint density at radius 2 is 0.868 bits per heavy atom. The fraction of sp³-hybridized carbons (Fsp3) is 0.118. The Morgan fingerprint density at radius 3 is 1.39 bits per heavy atom. The highest BCUT2D eigenvalue weighted by Gasteiger charge is 1.97. The molecule has 0 amide bonds. The molecule has 0 saturated carbocycles. The zero-order valence-corrected chi connectivity index (χ0v) is 24.6. The molecule has 0 aliphatic carbocycles. The standard InChI is InChI=1S/C12H12S.C11H10OS.C11H10S/c1-9-3-4-11-8-12(13-2)6-5-10(11)7-9;1-13-11-5-3-8-6-10(12)4-2-9(8)7-11;1-8-2-3-10-7-11(12)5-4-9(10)6-8/h3-8H,1-2H3;2-7,12H,1H3;2-7,12H,1H3. The van der Waals surface area contributed by atoms with Gasteiger partial charge in [-0.1, -0.05) is 71.8 Å². The van der Waals surface area contributed by atoms with Crippen LogP contribution >= 0.6 is 36.2 Å². The van der Waals surface area contributed by atoms with Crippen LogP contribution in [0.25, 0.3) is 32.3 Å². The molecule has 0 spiro atoms. The largest absolute Gasteiger partial charge is 0.508 e. The van der Waals surface area contributed by atoms with Gasteiger partial charge in [-0.2, -0.15) is 0 Å². The topological polar surface area (TPSA) is 20.2 Å². The molecule has 6 aromatic rings. The molecule has 0 atom stereocenters. The van der Waals surface area contributed by atoms with E-state index in [0.717, 1.165) is 10.3 Å². The van der Waals surface area contributed by atoms with Crippen LogP contribution in [-0.4, -0.2) is 17.6 Å². The van der Waals surface area contributed by atoms with E-state index in [1.807, 2.05) is 18.2 Å². The van der Waals surface area contributed by atoms with Crippen LogP contribution in [0.4, 0.5) is 0 Å². The number of aryl methyl sites for hydroxylation is 2. The van der Waals surface area contributed by atoms with Gasteiger partial charge in [0.25, 0.3) is 0 Å². The zero-order valence-electron chi connectivity index (χ0n) is 22.1. The van der Waals surface area contributed by atoms with E-state index in [2.05, 4.69) is 118 Å². The molecule has 1 N–H and O–H groups in total. The van der Waals surface area contributed by atoms with Crippen LogP contribution in [-0.2, 0) is 0 Å². The van der Waals surface area contributed by atoms with Crippen LogP contribution in [0.15, 0.2) is 124 Å². The molecule has 0 fully saturated rings. The van der Waals surface area contributed by atoms with Crippen LogP contribution < -0.4 is 0 Å². The van der Waals surface area contributed by atoms with E-state index in [1.165, 1.54) is 47.8 Å². The quantitative estimate of drug-likeness (QED) is 0.165. The summed E-state index contributed by atoms with van der Waals surface area (Å²) in [6, 6.07) is 37.4. The van der Waals surface area contributed by atoms with Crippen molar-refractivity contribution in [2.24, 2.45) is 0 Å². The first-order valence-corrected chi connectivity index (χ1v) is 15.2. The molecule has 0 saturated heterocycles. The monoisotopic (exact) mass is 552 g/mol. The molecule has 0 unspecified atom stereocenters. The van der Waals surface area contributed by atoms with Gasteiger partial charge >= 0.3 is 0 Å². The Labute approximate surface area is 239 Å². The molecular formula is C34H32OS3. The average Bonchev–Trinajstić information content (AvgIpc) is 2.93. The van der Waals surface area contributed by atoms with Gasteiger partial charge in [-0.25, -0.2) is 0 Å². The lowest BCUT2D eigenvalue weighted by Crippen LogP contribution is -1.76. The lowest BCUT2D eigenvalue weighted by Gasteiger charge is -2.01. The highest BCUT2D eigenvalue weighted by molar-refractivity contribution is 7.98. The van der Waals surface area contributed by atoms with Crippen molar-refractivity contribution in [3.8, 4) is 5.75 Å². The summed E-state index contributed by atoms with van der Waals surface area (Å²) in [6.45, 7) is 4.23. The highest BCUT2D eigenvalue weighted by atomic mass is 32.2. The number of phenols is 1. The molecule has 0 heterocycles. The number of aromatic hydroxyl groups is 1. The van der Waals surface area contributed by atoms with Gasteiger partial charge < -0.3 is 5.11 Å². The van der Waals surface area contributed by atoms with Gasteiger partial charge in [-0.15, -0.1) is 36.2 Å². The minimum Gasteiger partial charge on any atom is -0.508 e. The molecule has 192 valence electrons.